The van der Waals surface area contributed by atoms with Crippen LogP contribution in [0.4, 0.5) is 14.5 Å². The maximum absolute atomic E-state index is 12.2. The number of carbonyl (C=O) groups excluding carboxylic acids is 1. The molecule has 0 aliphatic rings. The van der Waals surface area contributed by atoms with Gasteiger partial charge in [-0.1, -0.05) is 0 Å². The predicted molar refractivity (Wildman–Crippen MR) is 69.2 cm³/mol. The minimum Gasteiger partial charge on any atom is -0.497 e. The highest BCUT2D eigenvalue weighted by molar-refractivity contribution is 5.95. The monoisotopic (exact) mass is 296 g/mol. The standard InChI is InChI=1S/C11H14F2N2O3.ClH/c1-6(14)10(16)15-8-5-7(17-2)3-4-9(8)18-11(12)13;/h3-6,11H,14H2,1-2H3,(H,15,16);1H. The lowest BCUT2D eigenvalue weighted by Gasteiger charge is -2.14. The summed E-state index contributed by atoms with van der Waals surface area (Å²) >= 11 is 0. The number of benzene rings is 1. The van der Waals surface area contributed by atoms with Crippen LogP contribution >= 0.6 is 12.4 Å². The Morgan fingerprint density at radius 1 is 1.42 bits per heavy atom. The number of hydrogen-bond acceptors (Lipinski definition) is 4. The molecule has 108 valence electrons. The number of hydrogen-bond donors (Lipinski definition) is 2. The van der Waals surface area contributed by atoms with Crippen LogP contribution in [-0.4, -0.2) is 25.7 Å². The van der Waals surface area contributed by atoms with E-state index in [1.54, 1.807) is 0 Å². The number of anilines is 1. The fraction of sp³-hybridized carbons (Fsp3) is 0.364. The molecule has 1 rings (SSSR count). The largest absolute Gasteiger partial charge is 0.497 e. The zero-order valence-corrected chi connectivity index (χ0v) is 11.2. The maximum atomic E-state index is 12.2. The fourth-order valence-electron chi connectivity index (χ4n) is 1.18. The van der Waals surface area contributed by atoms with Gasteiger partial charge in [0.2, 0.25) is 5.91 Å². The first-order chi connectivity index (χ1) is 8.43. The van der Waals surface area contributed by atoms with Crippen LogP contribution in [0, 0.1) is 0 Å². The molecule has 0 bridgehead atoms. The van der Waals surface area contributed by atoms with Gasteiger partial charge >= 0.3 is 6.61 Å². The van der Waals surface area contributed by atoms with Crippen molar-refractivity contribution in [3.8, 4) is 11.5 Å². The van der Waals surface area contributed by atoms with Crippen molar-refractivity contribution < 1.29 is 23.0 Å². The van der Waals surface area contributed by atoms with Gasteiger partial charge < -0.3 is 20.5 Å². The minimum absolute atomic E-state index is 0. The van der Waals surface area contributed by atoms with Crippen LogP contribution < -0.4 is 20.5 Å². The Bertz CT molecular complexity index is 430. The molecule has 8 heteroatoms. The van der Waals surface area contributed by atoms with E-state index in [2.05, 4.69) is 10.1 Å². The third-order valence-electron chi connectivity index (χ3n) is 2.07. The van der Waals surface area contributed by atoms with Crippen LogP contribution in [0.1, 0.15) is 6.92 Å². The van der Waals surface area contributed by atoms with Crippen molar-refractivity contribution in [2.45, 2.75) is 19.6 Å². The Kier molecular flexibility index (Phi) is 7.10. The summed E-state index contributed by atoms with van der Waals surface area (Å²) in [6.07, 6.45) is 0. The van der Waals surface area contributed by atoms with E-state index in [0.29, 0.717) is 5.75 Å². The number of ether oxygens (including phenoxy) is 2. The molecule has 0 radical (unpaired) electrons. The lowest BCUT2D eigenvalue weighted by Crippen LogP contribution is -2.32. The van der Waals surface area contributed by atoms with E-state index in [1.165, 1.54) is 32.2 Å². The second kappa shape index (κ2) is 7.75. The van der Waals surface area contributed by atoms with Gasteiger partial charge in [-0.3, -0.25) is 4.79 Å². The first-order valence-corrected chi connectivity index (χ1v) is 5.13. The second-order valence-corrected chi connectivity index (χ2v) is 3.52. The molecule has 3 N–H and O–H groups in total. The summed E-state index contributed by atoms with van der Waals surface area (Å²) in [5.41, 5.74) is 5.45. The van der Waals surface area contributed by atoms with E-state index in [0.717, 1.165) is 0 Å². The Hall–Kier alpha value is -1.60. The average molecular weight is 297 g/mol. The maximum Gasteiger partial charge on any atom is 0.387 e. The number of nitrogens with one attached hydrogen (secondary N) is 1. The van der Waals surface area contributed by atoms with Crippen LogP contribution in [0.15, 0.2) is 18.2 Å². The minimum atomic E-state index is -2.98. The van der Waals surface area contributed by atoms with Gasteiger partial charge in [-0.05, 0) is 19.1 Å². The molecule has 1 unspecified atom stereocenters. The quantitative estimate of drug-likeness (QED) is 0.871. The molecule has 5 nitrogen and oxygen atoms in total. The van der Waals surface area contributed by atoms with Gasteiger partial charge in [0, 0.05) is 6.07 Å². The topological polar surface area (TPSA) is 73.6 Å². The molecular weight excluding hydrogens is 282 g/mol. The summed E-state index contributed by atoms with van der Waals surface area (Å²) in [6, 6.07) is 3.33. The molecule has 0 aliphatic carbocycles. The van der Waals surface area contributed by atoms with Crippen molar-refractivity contribution in [1.82, 2.24) is 0 Å². The highest BCUT2D eigenvalue weighted by Crippen LogP contribution is 2.30. The molecule has 1 aromatic rings. The lowest BCUT2D eigenvalue weighted by molar-refractivity contribution is -0.117. The number of rotatable bonds is 5. The smallest absolute Gasteiger partial charge is 0.387 e. The van der Waals surface area contributed by atoms with E-state index in [1.807, 2.05) is 0 Å². The van der Waals surface area contributed by atoms with Crippen LogP contribution in [0.3, 0.4) is 0 Å². The van der Waals surface area contributed by atoms with Gasteiger partial charge in [-0.25, -0.2) is 0 Å². The van der Waals surface area contributed by atoms with Crippen molar-refractivity contribution >= 4 is 24.0 Å². The predicted octanol–water partition coefficient (Wildman–Crippen LogP) is 2.00. The highest BCUT2D eigenvalue weighted by Gasteiger charge is 2.15. The van der Waals surface area contributed by atoms with Gasteiger partial charge in [0.15, 0.2) is 0 Å². The number of amides is 1. The Morgan fingerprint density at radius 3 is 2.53 bits per heavy atom. The molecule has 1 aromatic carbocycles. The molecule has 1 atom stereocenters. The number of methoxy groups -OCH3 is 1. The first kappa shape index (κ1) is 17.4. The van der Waals surface area contributed by atoms with E-state index >= 15 is 0 Å². The van der Waals surface area contributed by atoms with Crippen molar-refractivity contribution in [2.24, 2.45) is 5.73 Å². The Balaban J connectivity index is 0.00000324. The third-order valence-corrected chi connectivity index (χ3v) is 2.07. The van der Waals surface area contributed by atoms with Gasteiger partial charge in [0.25, 0.3) is 0 Å². The first-order valence-electron chi connectivity index (χ1n) is 5.13. The van der Waals surface area contributed by atoms with E-state index < -0.39 is 18.6 Å². The summed E-state index contributed by atoms with van der Waals surface area (Å²) < 4.78 is 33.6. The molecule has 0 heterocycles. The molecule has 0 saturated carbocycles. The van der Waals surface area contributed by atoms with Crippen molar-refractivity contribution in [1.29, 1.82) is 0 Å². The second-order valence-electron chi connectivity index (χ2n) is 3.52. The molecule has 1 amide bonds. The van der Waals surface area contributed by atoms with Crippen LogP contribution in [0.25, 0.3) is 0 Å². The number of halogens is 3. The summed E-state index contributed by atoms with van der Waals surface area (Å²) in [7, 11) is 1.42. The van der Waals surface area contributed by atoms with Crippen molar-refractivity contribution in [3.63, 3.8) is 0 Å². The zero-order chi connectivity index (χ0) is 13.7. The molecule has 0 fully saturated rings. The van der Waals surface area contributed by atoms with Gasteiger partial charge in [0.05, 0.1) is 18.8 Å². The average Bonchev–Trinajstić information content (AvgIpc) is 2.30. The normalized spacial score (nSPS) is 11.5. The number of alkyl halides is 2. The zero-order valence-electron chi connectivity index (χ0n) is 10.4. The van der Waals surface area contributed by atoms with Gasteiger partial charge in [-0.2, -0.15) is 8.78 Å². The molecular formula is C11H15ClF2N2O3. The summed E-state index contributed by atoms with van der Waals surface area (Å²) in [6.45, 7) is -1.51. The fourth-order valence-corrected chi connectivity index (χ4v) is 1.18. The van der Waals surface area contributed by atoms with Crippen molar-refractivity contribution in [2.75, 3.05) is 12.4 Å². The third kappa shape index (κ3) is 5.27. The van der Waals surface area contributed by atoms with E-state index in [4.69, 9.17) is 10.5 Å². The number of carbonyl (C=O) groups is 1. The van der Waals surface area contributed by atoms with E-state index in [9.17, 15) is 13.6 Å². The van der Waals surface area contributed by atoms with Crippen LogP contribution in [-0.2, 0) is 4.79 Å². The van der Waals surface area contributed by atoms with Gasteiger partial charge in [0.1, 0.15) is 11.5 Å². The Labute approximate surface area is 115 Å². The molecule has 0 aromatic heterocycles. The summed E-state index contributed by atoms with van der Waals surface area (Å²) in [5, 5.41) is 2.39. The van der Waals surface area contributed by atoms with Crippen LogP contribution in [0.5, 0.6) is 11.5 Å². The van der Waals surface area contributed by atoms with E-state index in [-0.39, 0.29) is 23.8 Å². The lowest BCUT2D eigenvalue weighted by atomic mass is 10.2. The molecule has 19 heavy (non-hydrogen) atoms. The SMILES string of the molecule is COc1ccc(OC(F)F)c(NC(=O)C(C)N)c1.Cl. The molecule has 0 saturated heterocycles. The highest BCUT2D eigenvalue weighted by atomic mass is 35.5. The van der Waals surface area contributed by atoms with Crippen molar-refractivity contribution in [3.05, 3.63) is 18.2 Å². The molecule has 0 aliphatic heterocycles. The summed E-state index contributed by atoms with van der Waals surface area (Å²) in [4.78, 5) is 11.4. The van der Waals surface area contributed by atoms with Gasteiger partial charge in [-0.15, -0.1) is 12.4 Å². The summed E-state index contributed by atoms with van der Waals surface area (Å²) in [5.74, 6) is -0.265. The Morgan fingerprint density at radius 2 is 2.05 bits per heavy atom. The van der Waals surface area contributed by atoms with Crippen LogP contribution in [0.2, 0.25) is 0 Å². The molecule has 0 spiro atoms. The number of nitrogens with two attached hydrogens (primary N) is 1.